The summed E-state index contributed by atoms with van der Waals surface area (Å²) in [6.07, 6.45) is 1.13. The van der Waals surface area contributed by atoms with Gasteiger partial charge in [-0.15, -0.1) is 0 Å². The van der Waals surface area contributed by atoms with Crippen LogP contribution < -0.4 is 5.32 Å². The van der Waals surface area contributed by atoms with E-state index in [1.165, 1.54) is 11.8 Å². The maximum absolute atomic E-state index is 13.2. The van der Waals surface area contributed by atoms with Crippen molar-refractivity contribution in [2.24, 2.45) is 0 Å². The van der Waals surface area contributed by atoms with Crippen molar-refractivity contribution in [1.82, 2.24) is 10.3 Å². The molecule has 1 aromatic heterocycles. The lowest BCUT2D eigenvalue weighted by Crippen LogP contribution is -2.08. The van der Waals surface area contributed by atoms with E-state index in [9.17, 15) is 4.39 Å². The third kappa shape index (κ3) is 1.57. The van der Waals surface area contributed by atoms with Gasteiger partial charge in [-0.3, -0.25) is 0 Å². The topological polar surface area (TPSA) is 27.8 Å². The van der Waals surface area contributed by atoms with E-state index in [0.29, 0.717) is 5.92 Å². The standard InChI is InChI=1S/C12H12BrFN2/c13-11-9-5-8(14)1-2-10(9)16-12(11)7-3-4-15-6-7/h1-2,5,7,15-16H,3-4,6H2. The van der Waals surface area contributed by atoms with Crippen LogP contribution in [0.4, 0.5) is 4.39 Å². The fourth-order valence-corrected chi connectivity index (χ4v) is 3.09. The van der Waals surface area contributed by atoms with Crippen molar-refractivity contribution < 1.29 is 4.39 Å². The molecule has 1 unspecified atom stereocenters. The molecule has 1 aromatic carbocycles. The van der Waals surface area contributed by atoms with Crippen molar-refractivity contribution in [1.29, 1.82) is 0 Å². The second-order valence-electron chi connectivity index (χ2n) is 4.23. The number of nitrogens with one attached hydrogen (secondary N) is 2. The minimum Gasteiger partial charge on any atom is -0.357 e. The van der Waals surface area contributed by atoms with Gasteiger partial charge in [0.05, 0.1) is 0 Å². The Morgan fingerprint density at radius 3 is 3.00 bits per heavy atom. The van der Waals surface area contributed by atoms with Gasteiger partial charge in [0.25, 0.3) is 0 Å². The van der Waals surface area contributed by atoms with E-state index < -0.39 is 0 Å². The fourth-order valence-electron chi connectivity index (χ4n) is 2.33. The summed E-state index contributed by atoms with van der Waals surface area (Å²) in [7, 11) is 0. The zero-order valence-corrected chi connectivity index (χ0v) is 10.3. The summed E-state index contributed by atoms with van der Waals surface area (Å²) in [5, 5.41) is 4.27. The molecule has 2 N–H and O–H groups in total. The Hall–Kier alpha value is -0.870. The summed E-state index contributed by atoms with van der Waals surface area (Å²) in [6, 6.07) is 4.85. The predicted octanol–water partition coefficient (Wildman–Crippen LogP) is 3.15. The summed E-state index contributed by atoms with van der Waals surface area (Å²) in [4.78, 5) is 3.38. The molecule has 3 rings (SSSR count). The largest absolute Gasteiger partial charge is 0.357 e. The Balaban J connectivity index is 2.15. The number of aromatic nitrogens is 1. The molecule has 0 aliphatic carbocycles. The van der Waals surface area contributed by atoms with Crippen LogP contribution in [-0.4, -0.2) is 18.1 Å². The molecule has 2 aromatic rings. The van der Waals surface area contributed by atoms with Crippen LogP contribution >= 0.6 is 15.9 Å². The number of hydrogen-bond donors (Lipinski definition) is 2. The fraction of sp³-hybridized carbons (Fsp3) is 0.333. The van der Waals surface area contributed by atoms with Crippen molar-refractivity contribution >= 4 is 26.8 Å². The monoisotopic (exact) mass is 282 g/mol. The number of benzene rings is 1. The molecule has 1 fully saturated rings. The van der Waals surface area contributed by atoms with E-state index in [4.69, 9.17) is 0 Å². The molecule has 0 bridgehead atoms. The van der Waals surface area contributed by atoms with Gasteiger partial charge in [-0.1, -0.05) is 0 Å². The molecule has 4 heteroatoms. The maximum Gasteiger partial charge on any atom is 0.123 e. The number of aromatic amines is 1. The molecule has 1 aliphatic heterocycles. The highest BCUT2D eigenvalue weighted by atomic mass is 79.9. The highest BCUT2D eigenvalue weighted by molar-refractivity contribution is 9.10. The van der Waals surface area contributed by atoms with Crippen LogP contribution in [0.15, 0.2) is 22.7 Å². The molecule has 0 spiro atoms. The second-order valence-corrected chi connectivity index (χ2v) is 5.03. The van der Waals surface area contributed by atoms with Gasteiger partial charge >= 0.3 is 0 Å². The van der Waals surface area contributed by atoms with Gasteiger partial charge in [0, 0.05) is 33.5 Å². The van der Waals surface area contributed by atoms with E-state index in [1.807, 2.05) is 0 Å². The molecule has 1 aliphatic rings. The van der Waals surface area contributed by atoms with Crippen LogP contribution in [0, 0.1) is 5.82 Å². The van der Waals surface area contributed by atoms with Gasteiger partial charge in [-0.25, -0.2) is 4.39 Å². The molecule has 1 atom stereocenters. The summed E-state index contributed by atoms with van der Waals surface area (Å²) in [5.74, 6) is 0.313. The molecule has 84 valence electrons. The lowest BCUT2D eigenvalue weighted by Gasteiger charge is -2.05. The first-order valence-electron chi connectivity index (χ1n) is 5.43. The van der Waals surface area contributed by atoms with Crippen LogP contribution in [0.25, 0.3) is 10.9 Å². The van der Waals surface area contributed by atoms with Gasteiger partial charge in [-0.2, -0.15) is 0 Å². The van der Waals surface area contributed by atoms with Gasteiger partial charge in [0.1, 0.15) is 5.82 Å². The first-order valence-corrected chi connectivity index (χ1v) is 6.22. The van der Waals surface area contributed by atoms with Crippen molar-refractivity contribution in [3.63, 3.8) is 0 Å². The Labute approximate surface area is 101 Å². The van der Waals surface area contributed by atoms with Crippen LogP contribution in [-0.2, 0) is 0 Å². The van der Waals surface area contributed by atoms with Crippen LogP contribution in [0.5, 0.6) is 0 Å². The molecule has 0 amide bonds. The smallest absolute Gasteiger partial charge is 0.123 e. The number of fused-ring (bicyclic) bond motifs is 1. The van der Waals surface area contributed by atoms with E-state index in [-0.39, 0.29) is 5.82 Å². The number of H-pyrrole nitrogens is 1. The van der Waals surface area contributed by atoms with E-state index in [0.717, 1.165) is 34.9 Å². The number of halogens is 2. The normalized spacial score (nSPS) is 20.8. The average Bonchev–Trinajstić information content (AvgIpc) is 2.87. The van der Waals surface area contributed by atoms with Crippen molar-refractivity contribution in [2.75, 3.05) is 13.1 Å². The van der Waals surface area contributed by atoms with Gasteiger partial charge in [0.2, 0.25) is 0 Å². The van der Waals surface area contributed by atoms with Crippen molar-refractivity contribution in [3.8, 4) is 0 Å². The minimum absolute atomic E-state index is 0.191. The summed E-state index contributed by atoms with van der Waals surface area (Å²) in [5.41, 5.74) is 2.18. The zero-order valence-electron chi connectivity index (χ0n) is 8.69. The lowest BCUT2D eigenvalue weighted by molar-refractivity contribution is 0.629. The number of hydrogen-bond acceptors (Lipinski definition) is 1. The third-order valence-corrected chi connectivity index (χ3v) is 4.05. The van der Waals surface area contributed by atoms with Gasteiger partial charge < -0.3 is 10.3 Å². The molecule has 1 saturated heterocycles. The van der Waals surface area contributed by atoms with Crippen molar-refractivity contribution in [3.05, 3.63) is 34.2 Å². The Bertz CT molecular complexity index is 529. The molecule has 2 heterocycles. The van der Waals surface area contributed by atoms with E-state index in [2.05, 4.69) is 26.2 Å². The third-order valence-electron chi connectivity index (χ3n) is 3.19. The van der Waals surface area contributed by atoms with Gasteiger partial charge in [-0.05, 0) is 47.1 Å². The first kappa shape index (κ1) is 10.3. The second kappa shape index (κ2) is 3.86. The summed E-state index contributed by atoms with van der Waals surface area (Å²) in [6.45, 7) is 2.05. The SMILES string of the molecule is Fc1ccc2[nH]c(C3CCNC3)c(Br)c2c1. The lowest BCUT2D eigenvalue weighted by atomic mass is 10.1. The summed E-state index contributed by atoms with van der Waals surface area (Å²) < 4.78 is 14.2. The zero-order chi connectivity index (χ0) is 11.1. The summed E-state index contributed by atoms with van der Waals surface area (Å²) >= 11 is 3.57. The van der Waals surface area contributed by atoms with Crippen molar-refractivity contribution in [2.45, 2.75) is 12.3 Å². The highest BCUT2D eigenvalue weighted by Gasteiger charge is 2.22. The minimum atomic E-state index is -0.191. The molecule has 0 radical (unpaired) electrons. The molecular formula is C12H12BrFN2. The maximum atomic E-state index is 13.2. The molecule has 0 saturated carbocycles. The van der Waals surface area contributed by atoms with Gasteiger partial charge in [0.15, 0.2) is 0 Å². The Morgan fingerprint density at radius 2 is 2.25 bits per heavy atom. The molecule has 16 heavy (non-hydrogen) atoms. The van der Waals surface area contributed by atoms with E-state index in [1.54, 1.807) is 12.1 Å². The van der Waals surface area contributed by atoms with Crippen LogP contribution in [0.2, 0.25) is 0 Å². The van der Waals surface area contributed by atoms with Crippen LogP contribution in [0.3, 0.4) is 0 Å². The quantitative estimate of drug-likeness (QED) is 0.826. The predicted molar refractivity (Wildman–Crippen MR) is 66.2 cm³/mol. The first-order chi connectivity index (χ1) is 7.75. The van der Waals surface area contributed by atoms with Crippen LogP contribution in [0.1, 0.15) is 18.0 Å². The number of rotatable bonds is 1. The van der Waals surface area contributed by atoms with E-state index >= 15 is 0 Å². The Kier molecular flexibility index (Phi) is 2.48. The highest BCUT2D eigenvalue weighted by Crippen LogP contribution is 2.34. The molecule has 2 nitrogen and oxygen atoms in total. The molecular weight excluding hydrogens is 271 g/mol. The average molecular weight is 283 g/mol. The Morgan fingerprint density at radius 1 is 1.38 bits per heavy atom.